The van der Waals surface area contributed by atoms with Crippen LogP contribution in [0.3, 0.4) is 0 Å². The van der Waals surface area contributed by atoms with Gasteiger partial charge in [-0.3, -0.25) is 14.5 Å². The largest absolute Gasteiger partial charge is 0.359 e. The zero-order chi connectivity index (χ0) is 17.7. The van der Waals surface area contributed by atoms with Crippen molar-refractivity contribution < 1.29 is 14.0 Å². The van der Waals surface area contributed by atoms with Gasteiger partial charge in [0.15, 0.2) is 0 Å². The van der Waals surface area contributed by atoms with Crippen molar-refractivity contribution >= 4 is 11.8 Å². The summed E-state index contributed by atoms with van der Waals surface area (Å²) in [4.78, 5) is 27.9. The van der Waals surface area contributed by atoms with Gasteiger partial charge in [0, 0.05) is 20.0 Å². The molecule has 24 heavy (non-hydrogen) atoms. The van der Waals surface area contributed by atoms with Gasteiger partial charge >= 0.3 is 0 Å². The summed E-state index contributed by atoms with van der Waals surface area (Å²) in [5.74, 6) is -0.107. The lowest BCUT2D eigenvalue weighted by Gasteiger charge is -2.33. The summed E-state index contributed by atoms with van der Waals surface area (Å²) in [5.41, 5.74) is 0.908. The fourth-order valence-corrected chi connectivity index (χ4v) is 3.04. The molecule has 2 amide bonds. The van der Waals surface area contributed by atoms with E-state index >= 15 is 0 Å². The Balaban J connectivity index is 1.86. The average molecular weight is 335 g/mol. The third-order valence-electron chi connectivity index (χ3n) is 4.89. The van der Waals surface area contributed by atoms with E-state index in [1.807, 2.05) is 6.92 Å². The van der Waals surface area contributed by atoms with Crippen LogP contribution in [0.5, 0.6) is 0 Å². The smallest absolute Gasteiger partial charge is 0.236 e. The number of amides is 2. The summed E-state index contributed by atoms with van der Waals surface area (Å²) in [6.07, 6.45) is 1.56. The minimum atomic E-state index is -0.279. The molecule has 0 bridgehead atoms. The van der Waals surface area contributed by atoms with Crippen LogP contribution in [0, 0.1) is 11.7 Å². The van der Waals surface area contributed by atoms with Crippen LogP contribution < -0.4 is 5.32 Å². The Morgan fingerprint density at radius 2 is 1.88 bits per heavy atom. The molecule has 1 fully saturated rings. The molecule has 0 aliphatic carbocycles. The predicted molar refractivity (Wildman–Crippen MR) is 90.8 cm³/mol. The molecule has 0 saturated carbocycles. The van der Waals surface area contributed by atoms with Gasteiger partial charge in [-0.1, -0.05) is 12.1 Å². The van der Waals surface area contributed by atoms with Gasteiger partial charge in [-0.2, -0.15) is 0 Å². The molecule has 132 valence electrons. The molecule has 0 radical (unpaired) electrons. The molecule has 5 nitrogen and oxygen atoms in total. The second kappa shape index (κ2) is 8.24. The first-order valence-electron chi connectivity index (χ1n) is 8.37. The van der Waals surface area contributed by atoms with Gasteiger partial charge in [0.2, 0.25) is 11.8 Å². The van der Waals surface area contributed by atoms with E-state index < -0.39 is 0 Å². The molecule has 1 aliphatic rings. The highest BCUT2D eigenvalue weighted by atomic mass is 19.1. The van der Waals surface area contributed by atoms with Gasteiger partial charge in [0.25, 0.3) is 0 Å². The Bertz CT molecular complexity index is 568. The molecule has 1 aromatic rings. The summed E-state index contributed by atoms with van der Waals surface area (Å²) in [7, 11) is 3.43. The van der Waals surface area contributed by atoms with E-state index in [4.69, 9.17) is 0 Å². The van der Waals surface area contributed by atoms with Crippen LogP contribution >= 0.6 is 0 Å². The topological polar surface area (TPSA) is 52.7 Å². The maximum atomic E-state index is 13.0. The number of carbonyl (C=O) groups excluding carboxylic acids is 2. The number of nitrogens with zero attached hydrogens (tertiary/aromatic N) is 2. The molecular formula is C18H26FN3O2. The van der Waals surface area contributed by atoms with Crippen molar-refractivity contribution in [2.24, 2.45) is 5.92 Å². The Labute approximate surface area is 142 Å². The van der Waals surface area contributed by atoms with Crippen LogP contribution in [0.4, 0.5) is 4.39 Å². The SMILES string of the molecule is CNC(=O)C1CCN(CC(=O)N(C)C(C)c2ccc(F)cc2)CC1. The minimum absolute atomic E-state index is 0.0326. The Morgan fingerprint density at radius 3 is 2.42 bits per heavy atom. The van der Waals surface area contributed by atoms with Crippen molar-refractivity contribution in [2.75, 3.05) is 33.7 Å². The van der Waals surface area contributed by atoms with Crippen LogP contribution in [0.25, 0.3) is 0 Å². The number of likely N-dealkylation sites (N-methyl/N-ethyl adjacent to an activating group) is 1. The van der Waals surface area contributed by atoms with Crippen LogP contribution in [-0.4, -0.2) is 55.3 Å². The summed E-state index contributed by atoms with van der Waals surface area (Å²) < 4.78 is 13.0. The predicted octanol–water partition coefficient (Wildman–Crippen LogP) is 1.80. The first-order valence-corrected chi connectivity index (χ1v) is 8.37. The normalized spacial score (nSPS) is 17.3. The molecular weight excluding hydrogens is 309 g/mol. The molecule has 0 aromatic heterocycles. The van der Waals surface area contributed by atoms with Crippen molar-refractivity contribution in [3.8, 4) is 0 Å². The standard InChI is InChI=1S/C18H26FN3O2/c1-13(14-4-6-16(19)7-5-14)21(3)17(23)12-22-10-8-15(9-11-22)18(24)20-2/h4-7,13,15H,8-12H2,1-3H3,(H,20,24). The monoisotopic (exact) mass is 335 g/mol. The van der Waals surface area contributed by atoms with Crippen LogP contribution in [-0.2, 0) is 9.59 Å². The van der Waals surface area contributed by atoms with E-state index in [1.165, 1.54) is 12.1 Å². The highest BCUT2D eigenvalue weighted by Gasteiger charge is 2.26. The van der Waals surface area contributed by atoms with E-state index in [-0.39, 0.29) is 29.6 Å². The molecule has 1 atom stereocenters. The van der Waals surface area contributed by atoms with E-state index in [2.05, 4.69) is 10.2 Å². The Morgan fingerprint density at radius 1 is 1.29 bits per heavy atom. The Kier molecular flexibility index (Phi) is 6.31. The van der Waals surface area contributed by atoms with Crippen LogP contribution in [0.2, 0.25) is 0 Å². The lowest BCUT2D eigenvalue weighted by Crippen LogP contribution is -2.44. The van der Waals surface area contributed by atoms with Crippen LogP contribution in [0.15, 0.2) is 24.3 Å². The third kappa shape index (κ3) is 4.54. The fraction of sp³-hybridized carbons (Fsp3) is 0.556. The van der Waals surface area contributed by atoms with Crippen molar-refractivity contribution in [3.63, 3.8) is 0 Å². The van der Waals surface area contributed by atoms with E-state index in [0.29, 0.717) is 6.54 Å². The molecule has 1 unspecified atom stereocenters. The first kappa shape index (κ1) is 18.4. The minimum Gasteiger partial charge on any atom is -0.359 e. The van der Waals surface area contributed by atoms with E-state index in [1.54, 1.807) is 31.1 Å². The van der Waals surface area contributed by atoms with Crippen molar-refractivity contribution in [3.05, 3.63) is 35.6 Å². The van der Waals surface area contributed by atoms with Gasteiger partial charge < -0.3 is 10.2 Å². The number of hydrogen-bond donors (Lipinski definition) is 1. The number of halogens is 1. The number of benzene rings is 1. The van der Waals surface area contributed by atoms with Crippen LogP contribution in [0.1, 0.15) is 31.4 Å². The highest BCUT2D eigenvalue weighted by molar-refractivity contribution is 5.79. The Hall–Kier alpha value is -1.95. The zero-order valence-corrected chi connectivity index (χ0v) is 14.6. The maximum absolute atomic E-state index is 13.0. The number of carbonyl (C=O) groups is 2. The first-order chi connectivity index (χ1) is 11.4. The molecule has 1 saturated heterocycles. The number of likely N-dealkylation sites (tertiary alicyclic amines) is 1. The lowest BCUT2D eigenvalue weighted by molar-refractivity contribution is -0.133. The lowest BCUT2D eigenvalue weighted by atomic mass is 9.96. The average Bonchev–Trinajstić information content (AvgIpc) is 2.61. The second-order valence-electron chi connectivity index (χ2n) is 6.40. The van der Waals surface area contributed by atoms with Crippen molar-refractivity contribution in [1.29, 1.82) is 0 Å². The number of rotatable bonds is 5. The third-order valence-corrected chi connectivity index (χ3v) is 4.89. The van der Waals surface area contributed by atoms with Crippen molar-refractivity contribution in [1.82, 2.24) is 15.1 Å². The number of piperidine rings is 1. The number of hydrogen-bond acceptors (Lipinski definition) is 3. The summed E-state index contributed by atoms with van der Waals surface area (Å²) in [5, 5.41) is 2.69. The molecule has 1 aliphatic heterocycles. The van der Waals surface area contributed by atoms with E-state index in [0.717, 1.165) is 31.5 Å². The second-order valence-corrected chi connectivity index (χ2v) is 6.40. The fourth-order valence-electron chi connectivity index (χ4n) is 3.04. The molecule has 2 rings (SSSR count). The molecule has 1 aromatic carbocycles. The van der Waals surface area contributed by atoms with Gasteiger partial charge in [0.05, 0.1) is 12.6 Å². The maximum Gasteiger partial charge on any atom is 0.236 e. The molecule has 6 heteroatoms. The highest BCUT2D eigenvalue weighted by Crippen LogP contribution is 2.21. The molecule has 0 spiro atoms. The van der Waals surface area contributed by atoms with Gasteiger partial charge in [-0.15, -0.1) is 0 Å². The number of nitrogens with one attached hydrogen (secondary N) is 1. The zero-order valence-electron chi connectivity index (χ0n) is 14.6. The van der Waals surface area contributed by atoms with Crippen molar-refractivity contribution in [2.45, 2.75) is 25.8 Å². The van der Waals surface area contributed by atoms with E-state index in [9.17, 15) is 14.0 Å². The summed E-state index contributed by atoms with van der Waals surface area (Å²) in [6.45, 7) is 3.79. The van der Waals surface area contributed by atoms with Gasteiger partial charge in [-0.05, 0) is 50.6 Å². The molecule has 1 heterocycles. The van der Waals surface area contributed by atoms with Gasteiger partial charge in [0.1, 0.15) is 5.82 Å². The summed E-state index contributed by atoms with van der Waals surface area (Å²) in [6, 6.07) is 6.13. The molecule has 1 N–H and O–H groups in total. The summed E-state index contributed by atoms with van der Waals surface area (Å²) >= 11 is 0. The van der Waals surface area contributed by atoms with Gasteiger partial charge in [-0.25, -0.2) is 4.39 Å². The quantitative estimate of drug-likeness (QED) is 0.893.